The minimum absolute atomic E-state index is 0.0507. The van der Waals surface area contributed by atoms with Crippen LogP contribution in [-0.4, -0.2) is 10.2 Å². The highest BCUT2D eigenvalue weighted by atomic mass is 16.3. The van der Waals surface area contributed by atoms with Crippen molar-refractivity contribution < 1.29 is 10.2 Å². The number of hydrogen-bond acceptors (Lipinski definition) is 2. The average Bonchev–Trinajstić information content (AvgIpc) is 2.48. The lowest BCUT2D eigenvalue weighted by Gasteiger charge is -2.22. The van der Waals surface area contributed by atoms with E-state index in [1.165, 1.54) is 0 Å². The summed E-state index contributed by atoms with van der Waals surface area (Å²) in [6, 6.07) is 8.00. The van der Waals surface area contributed by atoms with Crippen molar-refractivity contribution in [3.05, 3.63) is 70.3 Å². The molecule has 0 atom stereocenters. The standard InChI is InChI=1S/C21H26O2/c1-6-7-8-17(18-11-13(2)9-15(4)20(18)22)19-12-14(3)10-16(5)21(19)23/h6,9-12,17,22-23H,1,7-8H2,2-5H3. The molecule has 0 radical (unpaired) electrons. The number of benzene rings is 2. The van der Waals surface area contributed by atoms with E-state index in [0.717, 1.165) is 46.2 Å². The molecule has 0 amide bonds. The molecule has 0 unspecified atom stereocenters. The maximum absolute atomic E-state index is 10.6. The monoisotopic (exact) mass is 310 g/mol. The van der Waals surface area contributed by atoms with Gasteiger partial charge in [-0.15, -0.1) is 6.58 Å². The van der Waals surface area contributed by atoms with E-state index >= 15 is 0 Å². The number of phenols is 2. The van der Waals surface area contributed by atoms with Crippen LogP contribution in [0.1, 0.15) is 52.1 Å². The molecular weight excluding hydrogens is 284 g/mol. The van der Waals surface area contributed by atoms with Crippen LogP contribution in [0.25, 0.3) is 0 Å². The van der Waals surface area contributed by atoms with Crippen molar-refractivity contribution in [3.8, 4) is 11.5 Å². The van der Waals surface area contributed by atoms with Gasteiger partial charge in [0.2, 0.25) is 0 Å². The van der Waals surface area contributed by atoms with Crippen molar-refractivity contribution in [2.75, 3.05) is 0 Å². The first kappa shape index (κ1) is 17.1. The van der Waals surface area contributed by atoms with E-state index in [1.807, 2.05) is 58.0 Å². The van der Waals surface area contributed by atoms with Crippen LogP contribution in [0.2, 0.25) is 0 Å². The Morgan fingerprint density at radius 3 is 1.70 bits per heavy atom. The van der Waals surface area contributed by atoms with Crippen molar-refractivity contribution in [1.82, 2.24) is 0 Å². The maximum atomic E-state index is 10.6. The molecule has 2 nitrogen and oxygen atoms in total. The molecule has 2 rings (SSSR count). The van der Waals surface area contributed by atoms with Crippen LogP contribution >= 0.6 is 0 Å². The predicted octanol–water partition coefficient (Wildman–Crippen LogP) is 5.43. The van der Waals surface area contributed by atoms with Crippen LogP contribution in [0.5, 0.6) is 11.5 Å². The summed E-state index contributed by atoms with van der Waals surface area (Å²) in [5.41, 5.74) is 5.72. The summed E-state index contributed by atoms with van der Waals surface area (Å²) < 4.78 is 0. The number of aryl methyl sites for hydroxylation is 4. The highest BCUT2D eigenvalue weighted by Crippen LogP contribution is 2.41. The zero-order chi connectivity index (χ0) is 17.1. The lowest BCUT2D eigenvalue weighted by molar-refractivity contribution is 0.447. The Labute approximate surface area is 139 Å². The van der Waals surface area contributed by atoms with Gasteiger partial charge in [-0.2, -0.15) is 0 Å². The summed E-state index contributed by atoms with van der Waals surface area (Å²) in [6.07, 6.45) is 3.51. The van der Waals surface area contributed by atoms with Crippen LogP contribution in [-0.2, 0) is 0 Å². The smallest absolute Gasteiger partial charge is 0.122 e. The second-order valence-electron chi connectivity index (χ2n) is 6.46. The van der Waals surface area contributed by atoms with Crippen LogP contribution < -0.4 is 0 Å². The molecule has 23 heavy (non-hydrogen) atoms. The summed E-state index contributed by atoms with van der Waals surface area (Å²) in [7, 11) is 0. The van der Waals surface area contributed by atoms with Crippen LogP contribution in [0.4, 0.5) is 0 Å². The highest BCUT2D eigenvalue weighted by molar-refractivity contribution is 5.53. The molecule has 0 bridgehead atoms. The molecule has 0 heterocycles. The van der Waals surface area contributed by atoms with Gasteiger partial charge in [-0.05, 0) is 51.7 Å². The van der Waals surface area contributed by atoms with E-state index in [4.69, 9.17) is 0 Å². The Kier molecular flexibility index (Phi) is 5.15. The van der Waals surface area contributed by atoms with Crippen LogP contribution in [0.15, 0.2) is 36.9 Å². The van der Waals surface area contributed by atoms with Crippen molar-refractivity contribution in [3.63, 3.8) is 0 Å². The van der Waals surface area contributed by atoms with E-state index in [2.05, 4.69) is 6.58 Å². The third-order valence-electron chi connectivity index (χ3n) is 4.36. The lowest BCUT2D eigenvalue weighted by Crippen LogP contribution is -2.05. The Morgan fingerprint density at radius 1 is 0.870 bits per heavy atom. The van der Waals surface area contributed by atoms with Gasteiger partial charge in [0.1, 0.15) is 11.5 Å². The number of hydrogen-bond donors (Lipinski definition) is 2. The number of aromatic hydroxyl groups is 2. The molecule has 2 N–H and O–H groups in total. The van der Waals surface area contributed by atoms with E-state index in [9.17, 15) is 10.2 Å². The van der Waals surface area contributed by atoms with Gasteiger partial charge < -0.3 is 10.2 Å². The molecule has 0 saturated carbocycles. The summed E-state index contributed by atoms with van der Waals surface area (Å²) in [4.78, 5) is 0. The van der Waals surface area contributed by atoms with E-state index in [0.29, 0.717) is 11.5 Å². The molecule has 2 aromatic rings. The first-order chi connectivity index (χ1) is 10.8. The Hall–Kier alpha value is -2.22. The molecule has 0 spiro atoms. The third-order valence-corrected chi connectivity index (χ3v) is 4.36. The molecule has 0 aliphatic heterocycles. The second-order valence-corrected chi connectivity index (χ2v) is 6.46. The highest BCUT2D eigenvalue weighted by Gasteiger charge is 2.22. The fourth-order valence-electron chi connectivity index (χ4n) is 3.28. The molecule has 122 valence electrons. The minimum atomic E-state index is -0.0507. The first-order valence-corrected chi connectivity index (χ1v) is 8.06. The van der Waals surface area contributed by atoms with Gasteiger partial charge in [0.25, 0.3) is 0 Å². The largest absolute Gasteiger partial charge is 0.507 e. The Bertz CT molecular complexity index is 672. The molecule has 0 fully saturated rings. The van der Waals surface area contributed by atoms with Crippen molar-refractivity contribution in [2.24, 2.45) is 0 Å². The second kappa shape index (κ2) is 6.91. The lowest BCUT2D eigenvalue weighted by atomic mass is 9.83. The molecule has 2 heteroatoms. The van der Waals surface area contributed by atoms with Crippen molar-refractivity contribution in [2.45, 2.75) is 46.5 Å². The quantitative estimate of drug-likeness (QED) is 0.723. The molecule has 0 aromatic heterocycles. The molecule has 0 saturated heterocycles. The van der Waals surface area contributed by atoms with Crippen LogP contribution in [0.3, 0.4) is 0 Å². The topological polar surface area (TPSA) is 40.5 Å². The van der Waals surface area contributed by atoms with Gasteiger partial charge in [0.05, 0.1) is 0 Å². The number of allylic oxidation sites excluding steroid dienone is 1. The van der Waals surface area contributed by atoms with E-state index in [-0.39, 0.29) is 5.92 Å². The zero-order valence-corrected chi connectivity index (χ0v) is 14.5. The molecular formula is C21H26O2. The summed E-state index contributed by atoms with van der Waals surface area (Å²) in [5.74, 6) is 0.594. The Morgan fingerprint density at radius 2 is 1.30 bits per heavy atom. The summed E-state index contributed by atoms with van der Waals surface area (Å²) >= 11 is 0. The van der Waals surface area contributed by atoms with Gasteiger partial charge in [-0.25, -0.2) is 0 Å². The van der Waals surface area contributed by atoms with Crippen molar-refractivity contribution in [1.29, 1.82) is 0 Å². The summed E-state index contributed by atoms with van der Waals surface area (Å²) in [6.45, 7) is 11.7. The Balaban J connectivity index is 2.66. The van der Waals surface area contributed by atoms with Gasteiger partial charge in [-0.3, -0.25) is 0 Å². The predicted molar refractivity (Wildman–Crippen MR) is 96.4 cm³/mol. The number of phenolic OH excluding ortho intramolecular Hbond substituents is 2. The fraction of sp³-hybridized carbons (Fsp3) is 0.333. The fourth-order valence-corrected chi connectivity index (χ4v) is 3.28. The molecule has 2 aromatic carbocycles. The first-order valence-electron chi connectivity index (χ1n) is 8.06. The van der Waals surface area contributed by atoms with Crippen LogP contribution in [0, 0.1) is 27.7 Å². The van der Waals surface area contributed by atoms with Gasteiger partial charge in [-0.1, -0.05) is 41.5 Å². The SMILES string of the molecule is C=CCCC(c1cc(C)cc(C)c1O)c1cc(C)cc(C)c1O. The van der Waals surface area contributed by atoms with E-state index < -0.39 is 0 Å². The van der Waals surface area contributed by atoms with Gasteiger partial charge >= 0.3 is 0 Å². The minimum Gasteiger partial charge on any atom is -0.507 e. The van der Waals surface area contributed by atoms with E-state index in [1.54, 1.807) is 0 Å². The maximum Gasteiger partial charge on any atom is 0.122 e. The van der Waals surface area contributed by atoms with Gasteiger partial charge in [0, 0.05) is 17.0 Å². The summed E-state index contributed by atoms with van der Waals surface area (Å²) in [5, 5.41) is 21.2. The zero-order valence-electron chi connectivity index (χ0n) is 14.5. The normalized spacial score (nSPS) is 11.0. The average molecular weight is 310 g/mol. The van der Waals surface area contributed by atoms with Crippen molar-refractivity contribution >= 4 is 0 Å². The number of rotatable bonds is 5. The van der Waals surface area contributed by atoms with Gasteiger partial charge in [0.15, 0.2) is 0 Å². The molecule has 0 aliphatic carbocycles. The third kappa shape index (κ3) is 3.58. The molecule has 0 aliphatic rings.